The summed E-state index contributed by atoms with van der Waals surface area (Å²) >= 11 is 0.826. The van der Waals surface area contributed by atoms with Crippen LogP contribution in [0.5, 0.6) is 0 Å². The molecule has 2 N–H and O–H groups in total. The molecule has 0 spiro atoms. The zero-order valence-corrected chi connectivity index (χ0v) is 15.1. The number of hydrogen-bond donors (Lipinski definition) is 2. The molecule has 0 unspecified atom stereocenters. The van der Waals surface area contributed by atoms with Crippen molar-refractivity contribution in [2.75, 3.05) is 5.32 Å². The predicted octanol–water partition coefficient (Wildman–Crippen LogP) is 3.37. The summed E-state index contributed by atoms with van der Waals surface area (Å²) in [6, 6.07) is 4.43. The van der Waals surface area contributed by atoms with Gasteiger partial charge in [0.1, 0.15) is 11.9 Å². The molecule has 132 valence electrons. The smallest absolute Gasteiger partial charge is 0.410 e. The molecule has 0 fully saturated rings. The molecule has 0 aliphatic carbocycles. The number of nitriles is 1. The molecule has 1 aromatic heterocycles. The summed E-state index contributed by atoms with van der Waals surface area (Å²) in [6.07, 6.45) is -1.37. The third-order valence-electron chi connectivity index (χ3n) is 3.11. The van der Waals surface area contributed by atoms with Gasteiger partial charge in [0.05, 0.1) is 15.3 Å². The fraction of sp³-hybridized carbons (Fsp3) is 0.267. The minimum atomic E-state index is -4.13. The Hall–Kier alpha value is -2.51. The minimum absolute atomic E-state index is 0.0637. The van der Waals surface area contributed by atoms with E-state index in [9.17, 15) is 17.6 Å². The molecule has 25 heavy (non-hydrogen) atoms. The van der Waals surface area contributed by atoms with Crippen molar-refractivity contribution in [1.29, 1.82) is 5.26 Å². The van der Waals surface area contributed by atoms with E-state index in [2.05, 4.69) is 10.3 Å². The highest BCUT2D eigenvalue weighted by atomic mass is 32.2. The molecule has 7 nitrogen and oxygen atoms in total. The Morgan fingerprint density at radius 1 is 1.40 bits per heavy atom. The molecule has 2 aromatic rings. The van der Waals surface area contributed by atoms with E-state index < -0.39 is 32.7 Å². The van der Waals surface area contributed by atoms with Crippen LogP contribution in [0.1, 0.15) is 31.2 Å². The lowest BCUT2D eigenvalue weighted by Gasteiger charge is -2.17. The lowest BCUT2D eigenvalue weighted by atomic mass is 9.95. The second kappa shape index (κ2) is 6.42. The van der Waals surface area contributed by atoms with Gasteiger partial charge in [-0.3, -0.25) is 5.32 Å². The number of sulfone groups is 1. The van der Waals surface area contributed by atoms with Gasteiger partial charge < -0.3 is 5.11 Å². The molecule has 0 saturated heterocycles. The molecular weight excluding hydrogens is 369 g/mol. The molecule has 0 bridgehead atoms. The number of anilines is 1. The van der Waals surface area contributed by atoms with Crippen LogP contribution in [0, 0.1) is 17.1 Å². The molecule has 1 heterocycles. The number of carboxylic acid groups (broad SMARTS) is 1. The topological polar surface area (TPSA) is 120 Å². The van der Waals surface area contributed by atoms with Gasteiger partial charge in [-0.2, -0.15) is 5.26 Å². The maximum absolute atomic E-state index is 13.4. The van der Waals surface area contributed by atoms with Gasteiger partial charge in [0.2, 0.25) is 14.2 Å². The van der Waals surface area contributed by atoms with Crippen molar-refractivity contribution in [2.45, 2.75) is 35.4 Å². The Morgan fingerprint density at radius 2 is 2.04 bits per heavy atom. The van der Waals surface area contributed by atoms with Gasteiger partial charge in [-0.25, -0.2) is 22.6 Å². The lowest BCUT2D eigenvalue weighted by molar-refractivity contribution is 0.209. The molecule has 10 heteroatoms. The van der Waals surface area contributed by atoms with E-state index in [4.69, 9.17) is 10.4 Å². The van der Waals surface area contributed by atoms with Crippen molar-refractivity contribution >= 4 is 33.1 Å². The first-order valence-electron chi connectivity index (χ1n) is 6.93. The maximum atomic E-state index is 13.4. The number of benzene rings is 1. The van der Waals surface area contributed by atoms with Gasteiger partial charge in [0, 0.05) is 5.41 Å². The SMILES string of the molecule is CC(C)(C)c1sc(S(=O)(=O)c2ccc(F)c(C#N)c2)nc1NC(=O)O. The van der Waals surface area contributed by atoms with Crippen LogP contribution in [0.4, 0.5) is 15.0 Å². The summed E-state index contributed by atoms with van der Waals surface area (Å²) in [5.41, 5.74) is -0.957. The predicted molar refractivity (Wildman–Crippen MR) is 89.0 cm³/mol. The summed E-state index contributed by atoms with van der Waals surface area (Å²) in [6.45, 7) is 5.36. The van der Waals surface area contributed by atoms with Crippen molar-refractivity contribution in [3.05, 3.63) is 34.5 Å². The number of nitrogens with zero attached hydrogens (tertiary/aromatic N) is 2. The van der Waals surface area contributed by atoms with E-state index in [0.717, 1.165) is 29.5 Å². The highest BCUT2D eigenvalue weighted by molar-refractivity contribution is 7.93. The van der Waals surface area contributed by atoms with Crippen molar-refractivity contribution < 1.29 is 22.7 Å². The van der Waals surface area contributed by atoms with Gasteiger partial charge >= 0.3 is 6.09 Å². The molecule has 0 saturated carbocycles. The number of rotatable bonds is 3. The lowest BCUT2D eigenvalue weighted by Crippen LogP contribution is -2.15. The Labute approximate surface area is 147 Å². The summed E-state index contributed by atoms with van der Waals surface area (Å²) in [4.78, 5) is 15.0. The fourth-order valence-electron chi connectivity index (χ4n) is 1.97. The van der Waals surface area contributed by atoms with Crippen LogP contribution >= 0.6 is 11.3 Å². The Balaban J connectivity index is 2.63. The van der Waals surface area contributed by atoms with Crippen molar-refractivity contribution in [2.24, 2.45) is 0 Å². The number of aromatic nitrogens is 1. The average Bonchev–Trinajstić information content (AvgIpc) is 2.91. The highest BCUT2D eigenvalue weighted by Gasteiger charge is 2.30. The zero-order valence-electron chi connectivity index (χ0n) is 13.5. The molecule has 2 rings (SSSR count). The van der Waals surface area contributed by atoms with Crippen molar-refractivity contribution in [1.82, 2.24) is 4.98 Å². The van der Waals surface area contributed by atoms with Crippen molar-refractivity contribution in [3.8, 4) is 6.07 Å². The number of amides is 1. The average molecular weight is 383 g/mol. The van der Waals surface area contributed by atoms with E-state index in [1.54, 1.807) is 26.8 Å². The van der Waals surface area contributed by atoms with Gasteiger partial charge in [0.25, 0.3) is 0 Å². The number of nitrogens with one attached hydrogen (secondary N) is 1. The van der Waals surface area contributed by atoms with E-state index in [0.29, 0.717) is 4.88 Å². The highest BCUT2D eigenvalue weighted by Crippen LogP contribution is 2.38. The summed E-state index contributed by atoms with van der Waals surface area (Å²) in [7, 11) is -4.13. The first-order valence-corrected chi connectivity index (χ1v) is 9.23. The van der Waals surface area contributed by atoms with Crippen LogP contribution in [0.15, 0.2) is 27.4 Å². The van der Waals surface area contributed by atoms with Crippen molar-refractivity contribution in [3.63, 3.8) is 0 Å². The summed E-state index contributed by atoms with van der Waals surface area (Å²) < 4.78 is 38.6. The third kappa shape index (κ3) is 3.78. The summed E-state index contributed by atoms with van der Waals surface area (Å²) in [5.74, 6) is -0.893. The van der Waals surface area contributed by atoms with Gasteiger partial charge in [-0.1, -0.05) is 20.8 Å². The van der Waals surface area contributed by atoms with Crippen LogP contribution in [-0.2, 0) is 15.3 Å². The molecule has 0 atom stereocenters. The van der Waals surface area contributed by atoms with E-state index in [-0.39, 0.29) is 15.1 Å². The third-order valence-corrected chi connectivity index (χ3v) is 6.72. The number of thiazole rings is 1. The van der Waals surface area contributed by atoms with Gasteiger partial charge in [-0.15, -0.1) is 11.3 Å². The first kappa shape index (κ1) is 18.8. The fourth-order valence-corrected chi connectivity index (χ4v) is 4.69. The van der Waals surface area contributed by atoms with E-state index in [1.165, 1.54) is 0 Å². The number of carbonyl (C=O) groups is 1. The number of hydrogen-bond acceptors (Lipinski definition) is 6. The van der Waals surface area contributed by atoms with Crippen LogP contribution in [0.3, 0.4) is 0 Å². The zero-order chi connectivity index (χ0) is 19.0. The Bertz CT molecular complexity index is 985. The van der Waals surface area contributed by atoms with Crippen LogP contribution in [0.25, 0.3) is 0 Å². The summed E-state index contributed by atoms with van der Waals surface area (Å²) in [5, 5.41) is 19.9. The second-order valence-corrected chi connectivity index (χ2v) is 9.22. The first-order chi connectivity index (χ1) is 11.5. The molecule has 0 aliphatic rings. The van der Waals surface area contributed by atoms with Crippen LogP contribution < -0.4 is 5.32 Å². The molecule has 1 amide bonds. The van der Waals surface area contributed by atoms with Gasteiger partial charge in [0.15, 0.2) is 5.82 Å². The number of halogens is 1. The van der Waals surface area contributed by atoms with Gasteiger partial charge in [-0.05, 0) is 18.2 Å². The van der Waals surface area contributed by atoms with Crippen LogP contribution in [-0.4, -0.2) is 24.6 Å². The molecule has 0 aliphatic heterocycles. The maximum Gasteiger partial charge on any atom is 0.410 e. The standard InChI is InChI=1S/C15H14FN3O4S2/c1-15(2,3)11-12(18-13(20)21)19-14(24-11)25(22,23)9-4-5-10(16)8(6-9)7-17/h4-6,18H,1-3H3,(H,20,21). The Morgan fingerprint density at radius 3 is 2.56 bits per heavy atom. The monoisotopic (exact) mass is 383 g/mol. The quantitative estimate of drug-likeness (QED) is 0.784. The van der Waals surface area contributed by atoms with E-state index >= 15 is 0 Å². The Kier molecular flexibility index (Phi) is 4.83. The molecule has 0 radical (unpaired) electrons. The molecule has 1 aromatic carbocycles. The van der Waals surface area contributed by atoms with Crippen LogP contribution in [0.2, 0.25) is 0 Å². The minimum Gasteiger partial charge on any atom is -0.465 e. The van der Waals surface area contributed by atoms with E-state index in [1.807, 2.05) is 0 Å². The largest absolute Gasteiger partial charge is 0.465 e. The normalized spacial score (nSPS) is 11.8. The molecular formula is C15H14FN3O4S2. The second-order valence-electron chi connectivity index (χ2n) is 6.09.